The summed E-state index contributed by atoms with van der Waals surface area (Å²) in [7, 11) is 0. The Morgan fingerprint density at radius 2 is 0.639 bits per heavy atom. The van der Waals surface area contributed by atoms with Crippen LogP contribution >= 0.6 is 0 Å². The van der Waals surface area contributed by atoms with Crippen LogP contribution in [-0.4, -0.2) is 48.8 Å². The van der Waals surface area contributed by atoms with Crippen molar-refractivity contribution in [3.05, 3.63) is 144 Å². The standard InChI is InChI=1S/2C14H12O3.GeO/c2*15-13(16)14(17,11-7-3-1-4-8-11)12-9-5-2-6-10-12;1-2/h2*1-10,17H,(H,15,16);/p+2. The predicted octanol–water partition coefficient (Wildman–Crippen LogP) is 1.85. The number of benzene rings is 4. The fourth-order valence-corrected chi connectivity index (χ4v) is 3.58. The molecule has 0 aliphatic rings. The molecule has 6 N–H and O–H groups in total. The molecule has 0 heterocycles. The van der Waals surface area contributed by atoms with Gasteiger partial charge in [0.1, 0.15) is 0 Å². The summed E-state index contributed by atoms with van der Waals surface area (Å²) in [5.41, 5.74) is -2.14. The molecule has 2 radical (unpaired) electrons. The maximum absolute atomic E-state index is 11.5. The number of carbonyl (C=O) groups is 2. The maximum atomic E-state index is 11.5. The fourth-order valence-electron chi connectivity index (χ4n) is 3.58. The molecule has 8 heteroatoms. The van der Waals surface area contributed by atoms with Crippen molar-refractivity contribution >= 4 is 28.4 Å². The van der Waals surface area contributed by atoms with Gasteiger partial charge in [0, 0.05) is 31.8 Å². The Hall–Kier alpha value is -3.92. The summed E-state index contributed by atoms with van der Waals surface area (Å²) in [5, 5.41) is 35.6. The molecule has 182 valence electrons. The fraction of sp³-hybridized carbons (Fsp3) is 0.0714. The van der Waals surface area contributed by atoms with E-state index in [0.717, 1.165) is 16.5 Å². The van der Waals surface area contributed by atoms with Gasteiger partial charge < -0.3 is 20.4 Å². The van der Waals surface area contributed by atoms with Crippen molar-refractivity contribution in [1.29, 1.82) is 0 Å². The molecule has 0 aliphatic heterocycles. The van der Waals surface area contributed by atoms with Crippen molar-refractivity contribution in [2.75, 3.05) is 0 Å². The van der Waals surface area contributed by atoms with Gasteiger partial charge in [-0.15, -0.1) is 0 Å². The predicted molar refractivity (Wildman–Crippen MR) is 135 cm³/mol. The van der Waals surface area contributed by atoms with Crippen LogP contribution in [0, 0.1) is 0 Å². The summed E-state index contributed by atoms with van der Waals surface area (Å²) in [5.74, 6) is -2.06. The van der Waals surface area contributed by atoms with E-state index in [9.17, 15) is 19.8 Å². The molecule has 0 fully saturated rings. The van der Waals surface area contributed by atoms with Crippen LogP contribution < -0.4 is 0 Å². The van der Waals surface area contributed by atoms with Crippen molar-refractivity contribution in [1.82, 2.24) is 0 Å². The van der Waals surface area contributed by atoms with Gasteiger partial charge in [-0.2, -0.15) is 0 Å². The Kier molecular flexibility index (Phi) is 10.4. The van der Waals surface area contributed by atoms with Crippen molar-refractivity contribution in [3.63, 3.8) is 0 Å². The number of hydrogen-bond acceptors (Lipinski definition) is 5. The summed E-state index contributed by atoms with van der Waals surface area (Å²) in [6.07, 6.45) is 0. The molecule has 0 unspecified atom stereocenters. The monoisotopic (exact) mass is 548 g/mol. The Labute approximate surface area is 216 Å². The van der Waals surface area contributed by atoms with Gasteiger partial charge in [-0.25, -0.2) is 0 Å². The molecule has 7 nitrogen and oxygen atoms in total. The van der Waals surface area contributed by atoms with Crippen molar-refractivity contribution in [2.24, 2.45) is 0 Å². The van der Waals surface area contributed by atoms with E-state index >= 15 is 0 Å². The van der Waals surface area contributed by atoms with E-state index in [1.165, 1.54) is 0 Å². The normalized spacial score (nSPS) is 10.6. The van der Waals surface area contributed by atoms with Crippen LogP contribution in [0.2, 0.25) is 0 Å². The molecule has 0 aromatic heterocycles. The van der Waals surface area contributed by atoms with Gasteiger partial charge in [-0.1, -0.05) is 121 Å². The molecule has 0 spiro atoms. The zero-order chi connectivity index (χ0) is 26.6. The van der Waals surface area contributed by atoms with E-state index in [1.807, 2.05) is 0 Å². The second-order valence-corrected chi connectivity index (χ2v) is 7.54. The van der Waals surface area contributed by atoms with E-state index < -0.39 is 23.1 Å². The Morgan fingerprint density at radius 1 is 0.472 bits per heavy atom. The first-order valence-corrected chi connectivity index (χ1v) is 11.6. The van der Waals surface area contributed by atoms with E-state index in [-0.39, 0.29) is 0 Å². The minimum absolute atomic E-state index is 0.409. The second-order valence-electron chi connectivity index (χ2n) is 7.54. The van der Waals surface area contributed by atoms with Crippen LogP contribution in [0.15, 0.2) is 121 Å². The molecule has 4 rings (SSSR count). The molecule has 0 saturated carbocycles. The molecule has 0 aliphatic carbocycles. The molecular weight excluding hydrogens is 521 g/mol. The zero-order valence-electron chi connectivity index (χ0n) is 19.2. The SMILES string of the molecule is O=C([OH2+])C(O)(c1ccccc1)c1ccccc1.O=C([OH2+])C(O)(c1ccccc1)c1ccccc1.[O]=[Ge]. The van der Waals surface area contributed by atoms with Gasteiger partial charge >= 0.3 is 32.2 Å². The average molecular weight is 547 g/mol. The summed E-state index contributed by atoms with van der Waals surface area (Å²) >= 11 is 0.750. The molecule has 4 aromatic rings. The van der Waals surface area contributed by atoms with Crippen LogP contribution in [0.25, 0.3) is 0 Å². The Morgan fingerprint density at radius 3 is 0.778 bits per heavy atom. The molecular formula is C28H26GeO7+2. The summed E-state index contributed by atoms with van der Waals surface area (Å²) in [6, 6.07) is 34.1. The van der Waals surface area contributed by atoms with E-state index in [1.54, 1.807) is 121 Å². The number of aliphatic hydroxyl groups is 2. The minimum atomic E-state index is -1.89. The van der Waals surface area contributed by atoms with Crippen LogP contribution in [0.5, 0.6) is 0 Å². The number of rotatable bonds is 6. The molecule has 0 atom stereocenters. The Balaban J connectivity index is 0.000000237. The van der Waals surface area contributed by atoms with Gasteiger partial charge in [-0.3, -0.25) is 0 Å². The second kappa shape index (κ2) is 13.2. The van der Waals surface area contributed by atoms with Gasteiger partial charge in [-0.05, 0) is 0 Å². The third-order valence-electron chi connectivity index (χ3n) is 5.42. The first-order valence-electron chi connectivity index (χ1n) is 10.7. The third-order valence-corrected chi connectivity index (χ3v) is 5.42. The summed E-state index contributed by atoms with van der Waals surface area (Å²) < 4.78 is 8.25. The zero-order valence-corrected chi connectivity index (χ0v) is 21.3. The summed E-state index contributed by atoms with van der Waals surface area (Å²) in [6.45, 7) is 0. The van der Waals surface area contributed by atoms with Gasteiger partial charge in [0.15, 0.2) is 0 Å². The van der Waals surface area contributed by atoms with Gasteiger partial charge in [0.2, 0.25) is 0 Å². The van der Waals surface area contributed by atoms with Gasteiger partial charge in [0.05, 0.1) is 0 Å². The average Bonchev–Trinajstić information content (AvgIpc) is 2.95. The Bertz CT molecular complexity index is 1060. The molecule has 36 heavy (non-hydrogen) atoms. The van der Waals surface area contributed by atoms with Crippen LogP contribution in [0.3, 0.4) is 0 Å². The molecule has 0 amide bonds. The molecule has 0 bridgehead atoms. The quantitative estimate of drug-likeness (QED) is 0.281. The first kappa shape index (κ1) is 28.3. The topological polar surface area (TPSA) is 137 Å². The number of carbonyl (C=O) groups excluding carboxylic acids is 2. The van der Waals surface area contributed by atoms with Crippen LogP contribution in [-0.2, 0) is 24.6 Å². The van der Waals surface area contributed by atoms with Crippen LogP contribution in [0.1, 0.15) is 22.3 Å². The van der Waals surface area contributed by atoms with Crippen molar-refractivity contribution in [3.8, 4) is 0 Å². The van der Waals surface area contributed by atoms with E-state index in [2.05, 4.69) is 0 Å². The van der Waals surface area contributed by atoms with Crippen molar-refractivity contribution in [2.45, 2.75) is 11.2 Å². The number of hydrogen-bond donors (Lipinski definition) is 2. The van der Waals surface area contributed by atoms with Crippen molar-refractivity contribution < 1.29 is 33.8 Å². The first-order chi connectivity index (χ1) is 17.3. The summed E-state index contributed by atoms with van der Waals surface area (Å²) in [4.78, 5) is 23.0. The molecule has 4 aromatic carbocycles. The van der Waals surface area contributed by atoms with Crippen LogP contribution in [0.4, 0.5) is 0 Å². The molecule has 0 saturated heterocycles. The van der Waals surface area contributed by atoms with E-state index in [4.69, 9.17) is 14.0 Å². The third kappa shape index (κ3) is 6.20. The van der Waals surface area contributed by atoms with E-state index in [0.29, 0.717) is 22.3 Å². The van der Waals surface area contributed by atoms with Gasteiger partial charge in [0.25, 0.3) is 11.2 Å².